The number of carbonyl (C=O) groups excluding carboxylic acids is 3. The molecule has 1 heterocycles. The molecule has 10 heteroatoms. The molecular weight excluding hydrogens is 553 g/mol. The monoisotopic (exact) mass is 595 g/mol. The van der Waals surface area contributed by atoms with Crippen molar-refractivity contribution in [3.05, 3.63) is 72.0 Å². The maximum atomic E-state index is 13.4. The first-order valence-electron chi connectivity index (χ1n) is 14.5. The molecule has 226 valence electrons. The van der Waals surface area contributed by atoms with E-state index in [0.29, 0.717) is 31.6 Å². The summed E-state index contributed by atoms with van der Waals surface area (Å²) in [6.45, 7) is 6.60. The Bertz CT molecular complexity index is 1280. The summed E-state index contributed by atoms with van der Waals surface area (Å²) in [5.74, 6) is 0.163. The summed E-state index contributed by atoms with van der Waals surface area (Å²) < 4.78 is 11.4. The number of benzene rings is 2. The highest BCUT2D eigenvalue weighted by molar-refractivity contribution is 7.27. The van der Waals surface area contributed by atoms with Crippen molar-refractivity contribution >= 4 is 32.8 Å². The quantitative estimate of drug-likeness (QED) is 0.0687. The van der Waals surface area contributed by atoms with Gasteiger partial charge in [-0.1, -0.05) is 75.6 Å². The molecule has 42 heavy (non-hydrogen) atoms. The molecule has 2 N–H and O–H groups in total. The largest absolute Gasteiger partial charge is 0.493 e. The summed E-state index contributed by atoms with van der Waals surface area (Å²) in [5.41, 5.74) is 1.71. The third-order valence-electron chi connectivity index (χ3n) is 6.93. The molecule has 0 bridgehead atoms. The average Bonchev–Trinajstić information content (AvgIpc) is 3.50. The number of hydrogen-bond acceptors (Lipinski definition) is 6. The molecule has 0 aliphatic heterocycles. The molecule has 0 radical (unpaired) electrons. The van der Waals surface area contributed by atoms with E-state index in [0.717, 1.165) is 41.4 Å². The Kier molecular flexibility index (Phi) is 13.5. The molecule has 0 spiro atoms. The second-order valence-corrected chi connectivity index (χ2v) is 10.5. The first-order valence-corrected chi connectivity index (χ1v) is 15.1. The predicted molar refractivity (Wildman–Crippen MR) is 166 cm³/mol. The van der Waals surface area contributed by atoms with Gasteiger partial charge in [0.2, 0.25) is 12.3 Å². The van der Waals surface area contributed by atoms with Gasteiger partial charge in [0.25, 0.3) is 5.91 Å². The summed E-state index contributed by atoms with van der Waals surface area (Å²) in [7, 11) is 2.63. The van der Waals surface area contributed by atoms with Gasteiger partial charge in [-0.25, -0.2) is 5.06 Å². The zero-order chi connectivity index (χ0) is 30.3. The zero-order valence-corrected chi connectivity index (χ0v) is 25.8. The van der Waals surface area contributed by atoms with Crippen molar-refractivity contribution in [2.24, 2.45) is 5.92 Å². The van der Waals surface area contributed by atoms with Crippen LogP contribution in [0.3, 0.4) is 0 Å². The lowest BCUT2D eigenvalue weighted by Gasteiger charge is -2.32. The minimum absolute atomic E-state index is 0.0867. The van der Waals surface area contributed by atoms with Crippen molar-refractivity contribution in [2.75, 3.05) is 13.3 Å². The van der Waals surface area contributed by atoms with Crippen LogP contribution in [-0.4, -0.2) is 42.6 Å². The number of carbonyl (C=O) groups is 3. The van der Waals surface area contributed by atoms with Crippen molar-refractivity contribution in [3.63, 3.8) is 0 Å². The van der Waals surface area contributed by atoms with E-state index in [-0.39, 0.29) is 24.9 Å². The van der Waals surface area contributed by atoms with Crippen molar-refractivity contribution in [1.82, 2.24) is 15.7 Å². The van der Waals surface area contributed by atoms with Crippen LogP contribution in [-0.2, 0) is 21.0 Å². The fourth-order valence-electron chi connectivity index (χ4n) is 4.69. The number of hydrogen-bond donors (Lipinski definition) is 2. The fourth-order valence-corrected chi connectivity index (χ4v) is 4.96. The molecule has 3 amide bonds. The molecule has 3 aromatic rings. The van der Waals surface area contributed by atoms with Crippen LogP contribution >= 0.6 is 9.24 Å². The van der Waals surface area contributed by atoms with Crippen LogP contribution in [0, 0.1) is 5.92 Å². The number of ether oxygens (including phenoxy) is 1. The Labute approximate surface area is 250 Å². The van der Waals surface area contributed by atoms with Gasteiger partial charge in [-0.15, -0.1) is 9.24 Å². The highest BCUT2D eigenvalue weighted by Gasteiger charge is 2.32. The number of unbranched alkanes of at least 4 members (excludes halogenated alkanes) is 2. The molecule has 1 aromatic heterocycles. The van der Waals surface area contributed by atoms with Crippen LogP contribution in [0.25, 0.3) is 11.3 Å². The second kappa shape index (κ2) is 17.3. The first-order chi connectivity index (χ1) is 20.4. The lowest BCUT2D eigenvalue weighted by atomic mass is 9.90. The van der Waals surface area contributed by atoms with Crippen molar-refractivity contribution in [2.45, 2.75) is 65.5 Å². The summed E-state index contributed by atoms with van der Waals surface area (Å²) in [5, 5.41) is 7.70. The standard InChI is InChI=1S/C32H42N3O6P/c1-4-7-9-14-25(26(5-2)35(22-36)40-20-23-12-10-8-11-13-23)31(37)33-21-34-32(38)28-17-16-27(41-28)24-15-18-30(42)29(19-24)39-6-3/h8,10-13,15-19,22,25-26H,4-7,9,14,20-21,42H2,1-3H3,(H,33,37)(H,34,38)/t25-,26-/m1/s1. The van der Waals surface area contributed by atoms with Crippen LogP contribution < -0.4 is 20.7 Å². The van der Waals surface area contributed by atoms with Gasteiger partial charge in [-0.3, -0.25) is 19.2 Å². The van der Waals surface area contributed by atoms with Gasteiger partial charge in [-0.2, -0.15) is 0 Å². The lowest BCUT2D eigenvalue weighted by molar-refractivity contribution is -0.200. The van der Waals surface area contributed by atoms with E-state index in [4.69, 9.17) is 14.0 Å². The Balaban J connectivity index is 1.61. The smallest absolute Gasteiger partial charge is 0.288 e. The minimum atomic E-state index is -0.506. The zero-order valence-electron chi connectivity index (χ0n) is 24.6. The summed E-state index contributed by atoms with van der Waals surface area (Å²) >= 11 is 0. The van der Waals surface area contributed by atoms with Gasteiger partial charge >= 0.3 is 0 Å². The molecule has 0 fully saturated rings. The van der Waals surface area contributed by atoms with E-state index < -0.39 is 17.9 Å². The molecule has 1 unspecified atom stereocenters. The topological polar surface area (TPSA) is 110 Å². The summed E-state index contributed by atoms with van der Waals surface area (Å²) in [6.07, 6.45) is 4.56. The van der Waals surface area contributed by atoms with Gasteiger partial charge in [0.15, 0.2) is 5.76 Å². The number of nitrogens with one attached hydrogen (secondary N) is 2. The number of amides is 3. The van der Waals surface area contributed by atoms with Gasteiger partial charge in [0, 0.05) is 10.9 Å². The number of furan rings is 1. The van der Waals surface area contributed by atoms with E-state index >= 15 is 0 Å². The van der Waals surface area contributed by atoms with E-state index in [2.05, 4.69) is 26.8 Å². The highest BCUT2D eigenvalue weighted by atomic mass is 31.0. The molecule has 3 rings (SSSR count). The molecular formula is C32H42N3O6P. The third kappa shape index (κ3) is 9.43. The van der Waals surface area contributed by atoms with Gasteiger partial charge in [-0.05, 0) is 43.5 Å². The van der Waals surface area contributed by atoms with E-state index in [1.807, 2.05) is 62.4 Å². The van der Waals surface area contributed by atoms with Crippen LogP contribution in [0.5, 0.6) is 5.75 Å². The van der Waals surface area contributed by atoms with Crippen LogP contribution in [0.4, 0.5) is 0 Å². The fraction of sp³-hybridized carbons (Fsp3) is 0.406. The van der Waals surface area contributed by atoms with Crippen molar-refractivity contribution in [1.29, 1.82) is 0 Å². The predicted octanol–water partition coefficient (Wildman–Crippen LogP) is 5.21. The maximum Gasteiger partial charge on any atom is 0.288 e. The second-order valence-electron chi connectivity index (χ2n) is 9.88. The van der Waals surface area contributed by atoms with E-state index in [1.165, 1.54) is 5.06 Å². The van der Waals surface area contributed by atoms with Crippen molar-refractivity contribution < 1.29 is 28.4 Å². The molecule has 0 saturated carbocycles. The molecule has 0 aliphatic carbocycles. The Morgan fingerprint density at radius 3 is 2.50 bits per heavy atom. The Hall–Kier alpha value is -3.68. The van der Waals surface area contributed by atoms with Crippen LogP contribution in [0.15, 0.2) is 65.1 Å². The van der Waals surface area contributed by atoms with Gasteiger partial charge in [0.05, 0.1) is 25.2 Å². The van der Waals surface area contributed by atoms with E-state index in [9.17, 15) is 14.4 Å². The molecule has 9 nitrogen and oxygen atoms in total. The Morgan fingerprint density at radius 2 is 1.81 bits per heavy atom. The molecule has 0 saturated heterocycles. The molecule has 2 aromatic carbocycles. The lowest BCUT2D eigenvalue weighted by Crippen LogP contribution is -2.48. The van der Waals surface area contributed by atoms with Gasteiger partial charge < -0.3 is 19.8 Å². The third-order valence-corrected chi connectivity index (χ3v) is 7.41. The highest BCUT2D eigenvalue weighted by Crippen LogP contribution is 2.26. The molecule has 0 aliphatic rings. The SMILES string of the molecule is CCCCC[C@@H](C(=O)NCNC(=O)c1ccc(-c2ccc(P)c(OCC)c2)o1)[C@@H](CC)N(C=O)OCc1ccccc1. The number of hydroxylamine groups is 2. The normalized spacial score (nSPS) is 12.3. The maximum absolute atomic E-state index is 13.4. The van der Waals surface area contributed by atoms with Crippen molar-refractivity contribution in [3.8, 4) is 17.1 Å². The first kappa shape index (κ1) is 32.8. The van der Waals surface area contributed by atoms with Crippen LogP contribution in [0.2, 0.25) is 0 Å². The van der Waals surface area contributed by atoms with Crippen LogP contribution in [0.1, 0.15) is 69.0 Å². The van der Waals surface area contributed by atoms with Gasteiger partial charge in [0.1, 0.15) is 18.1 Å². The minimum Gasteiger partial charge on any atom is -0.493 e. The molecule has 3 atom stereocenters. The Morgan fingerprint density at radius 1 is 1.02 bits per heavy atom. The number of rotatable bonds is 18. The summed E-state index contributed by atoms with van der Waals surface area (Å²) in [4.78, 5) is 44.0. The number of nitrogens with zero attached hydrogens (tertiary/aromatic N) is 1. The van der Waals surface area contributed by atoms with E-state index in [1.54, 1.807) is 12.1 Å². The average molecular weight is 596 g/mol. The summed E-state index contributed by atoms with van der Waals surface area (Å²) in [6, 6.07) is 18.1.